The summed E-state index contributed by atoms with van der Waals surface area (Å²) in [5, 5.41) is 1.14. The Morgan fingerprint density at radius 3 is 1.00 bits per heavy atom. The second kappa shape index (κ2) is 14.4. The zero-order valence-electron chi connectivity index (χ0n) is 35.0. The van der Waals surface area contributed by atoms with Crippen molar-refractivity contribution in [2.45, 2.75) is 86.5 Å². The zero-order valence-corrected chi connectivity index (χ0v) is 37.4. The average molecular weight is 821 g/mol. The molecule has 0 unspecified atom stereocenters. The van der Waals surface area contributed by atoms with Gasteiger partial charge in [-0.1, -0.05) is 140 Å². The third kappa shape index (κ3) is 6.48. The fourth-order valence-electron chi connectivity index (χ4n) is 9.50. The monoisotopic (exact) mass is 820 g/mol. The van der Waals surface area contributed by atoms with Crippen LogP contribution in [-0.4, -0.2) is 19.2 Å². The summed E-state index contributed by atoms with van der Waals surface area (Å²) in [6, 6.07) is 50.7. The standard InChI is InChI=1S/C54H48N2S3/c1-31(2)57-39-17-9-33(10-18-39)35-13-21-43-45-23-15-37(29-49(45)53(5,6)47(43)27-35)41-25-26-42(52-51(41)55-59-56-52)38-16-24-46-44-22-14-36(28-48(44)54(7,8)50(46)30-38)34-11-19-40(20-12-34)58-32(3)4/h9-32H,1-8H3. The van der Waals surface area contributed by atoms with Gasteiger partial charge in [-0.2, -0.15) is 8.75 Å². The van der Waals surface area contributed by atoms with E-state index in [4.69, 9.17) is 8.75 Å². The van der Waals surface area contributed by atoms with Crippen molar-refractivity contribution in [1.29, 1.82) is 0 Å². The first kappa shape index (κ1) is 38.3. The van der Waals surface area contributed by atoms with Crippen LogP contribution in [-0.2, 0) is 10.8 Å². The van der Waals surface area contributed by atoms with E-state index in [0.717, 1.165) is 22.2 Å². The minimum absolute atomic E-state index is 0.143. The summed E-state index contributed by atoms with van der Waals surface area (Å²) in [6.07, 6.45) is 0. The van der Waals surface area contributed by atoms with Crippen LogP contribution in [0.5, 0.6) is 0 Å². The van der Waals surface area contributed by atoms with Gasteiger partial charge < -0.3 is 0 Å². The van der Waals surface area contributed by atoms with Gasteiger partial charge in [-0.25, -0.2) is 0 Å². The molecular weight excluding hydrogens is 773 g/mol. The van der Waals surface area contributed by atoms with Gasteiger partial charge in [-0.05, 0) is 126 Å². The molecule has 0 fully saturated rings. The molecule has 0 amide bonds. The topological polar surface area (TPSA) is 25.8 Å². The first-order valence-corrected chi connectivity index (χ1v) is 23.2. The van der Waals surface area contributed by atoms with Gasteiger partial charge in [-0.3, -0.25) is 0 Å². The average Bonchev–Trinajstić information content (AvgIpc) is 3.87. The van der Waals surface area contributed by atoms with Crippen molar-refractivity contribution in [2.75, 3.05) is 0 Å². The van der Waals surface area contributed by atoms with E-state index < -0.39 is 0 Å². The Labute approximate surface area is 361 Å². The summed E-state index contributed by atoms with van der Waals surface area (Å²) in [5.41, 5.74) is 22.1. The lowest BCUT2D eigenvalue weighted by molar-refractivity contribution is 0.660. The van der Waals surface area contributed by atoms with Crippen LogP contribution in [0.2, 0.25) is 0 Å². The number of benzene rings is 7. The van der Waals surface area contributed by atoms with Gasteiger partial charge in [0.2, 0.25) is 0 Å². The normalized spacial score (nSPS) is 14.5. The Balaban J connectivity index is 0.957. The number of thioether (sulfide) groups is 2. The van der Waals surface area contributed by atoms with E-state index in [2.05, 4.69) is 189 Å². The van der Waals surface area contributed by atoms with Crippen LogP contribution in [0.3, 0.4) is 0 Å². The van der Waals surface area contributed by atoms with Gasteiger partial charge in [0.1, 0.15) is 11.0 Å². The second-order valence-corrected chi connectivity index (χ2v) is 21.6. The fourth-order valence-corrected chi connectivity index (χ4v) is 11.7. The summed E-state index contributed by atoms with van der Waals surface area (Å²) >= 11 is 5.12. The van der Waals surface area contributed by atoms with Gasteiger partial charge >= 0.3 is 0 Å². The highest BCUT2D eigenvalue weighted by molar-refractivity contribution is 8.00. The lowest BCUT2D eigenvalue weighted by Gasteiger charge is -2.23. The molecule has 0 aliphatic heterocycles. The predicted molar refractivity (Wildman–Crippen MR) is 256 cm³/mol. The Bertz CT molecular complexity index is 2730. The first-order chi connectivity index (χ1) is 28.4. The molecule has 0 spiro atoms. The molecule has 10 rings (SSSR count). The molecule has 5 heteroatoms. The molecule has 59 heavy (non-hydrogen) atoms. The molecule has 2 nitrogen and oxygen atoms in total. The van der Waals surface area contributed by atoms with Gasteiger partial charge in [-0.15, -0.1) is 23.5 Å². The van der Waals surface area contributed by atoms with Crippen LogP contribution in [0.1, 0.15) is 77.6 Å². The summed E-state index contributed by atoms with van der Waals surface area (Å²) < 4.78 is 9.87. The summed E-state index contributed by atoms with van der Waals surface area (Å²) in [4.78, 5) is 2.63. The summed E-state index contributed by atoms with van der Waals surface area (Å²) in [6.45, 7) is 18.5. The predicted octanol–water partition coefficient (Wildman–Crippen LogP) is 16.0. The molecule has 0 saturated carbocycles. The van der Waals surface area contributed by atoms with Crippen LogP contribution in [0.15, 0.2) is 143 Å². The first-order valence-electron chi connectivity index (χ1n) is 20.8. The van der Waals surface area contributed by atoms with Crippen LogP contribution in [0, 0.1) is 0 Å². The maximum Gasteiger partial charge on any atom is 0.113 e. The van der Waals surface area contributed by atoms with E-state index in [-0.39, 0.29) is 10.8 Å². The maximum absolute atomic E-state index is 4.94. The van der Waals surface area contributed by atoms with Crippen LogP contribution < -0.4 is 0 Å². The van der Waals surface area contributed by atoms with Crippen molar-refractivity contribution in [3.05, 3.63) is 156 Å². The molecule has 7 aromatic carbocycles. The van der Waals surface area contributed by atoms with E-state index in [0.29, 0.717) is 10.5 Å². The van der Waals surface area contributed by atoms with Gasteiger partial charge in [0.25, 0.3) is 0 Å². The Hall–Kier alpha value is -4.94. The molecule has 2 aliphatic carbocycles. The molecular formula is C54H48N2S3. The molecule has 1 heterocycles. The third-order valence-corrected chi connectivity index (χ3v) is 15.1. The van der Waals surface area contributed by atoms with Crippen molar-refractivity contribution >= 4 is 46.3 Å². The number of aromatic nitrogens is 2. The molecule has 0 saturated heterocycles. The second-order valence-electron chi connectivity index (χ2n) is 17.8. The number of fused-ring (bicyclic) bond motifs is 7. The Morgan fingerprint density at radius 1 is 0.373 bits per heavy atom. The quantitative estimate of drug-likeness (QED) is 0.143. The minimum Gasteiger partial charge on any atom is -0.172 e. The van der Waals surface area contributed by atoms with Crippen molar-refractivity contribution < 1.29 is 0 Å². The molecule has 292 valence electrons. The fraction of sp³-hybridized carbons (Fsp3) is 0.222. The number of hydrogen-bond donors (Lipinski definition) is 0. The highest BCUT2D eigenvalue weighted by Crippen LogP contribution is 2.53. The smallest absolute Gasteiger partial charge is 0.113 e. The van der Waals surface area contributed by atoms with E-state index >= 15 is 0 Å². The molecule has 0 N–H and O–H groups in total. The molecule has 0 atom stereocenters. The van der Waals surface area contributed by atoms with Crippen LogP contribution in [0.4, 0.5) is 0 Å². The Kier molecular flexibility index (Phi) is 9.32. The molecule has 0 radical (unpaired) electrons. The third-order valence-electron chi connectivity index (χ3n) is 12.5. The number of nitrogens with zero attached hydrogens (tertiary/aromatic N) is 2. The summed E-state index contributed by atoms with van der Waals surface area (Å²) in [7, 11) is 0. The van der Waals surface area contributed by atoms with Crippen molar-refractivity contribution in [2.24, 2.45) is 0 Å². The molecule has 8 aromatic rings. The van der Waals surface area contributed by atoms with Crippen molar-refractivity contribution in [3.8, 4) is 66.8 Å². The SMILES string of the molecule is CC(C)Sc1ccc(-c2ccc3c(c2)C(C)(C)c2cc(-c4ccc(-c5ccc6c(c5)C(C)(C)c5cc(-c7ccc(SC(C)C)cc7)ccc5-6)c5nsnc45)ccc2-3)cc1. The van der Waals surface area contributed by atoms with Crippen molar-refractivity contribution in [1.82, 2.24) is 8.75 Å². The van der Waals surface area contributed by atoms with Gasteiger partial charge in [0, 0.05) is 42.2 Å². The molecule has 2 aliphatic rings. The highest BCUT2D eigenvalue weighted by atomic mass is 32.2. The van der Waals surface area contributed by atoms with Crippen LogP contribution in [0.25, 0.3) is 77.8 Å². The zero-order chi connectivity index (χ0) is 40.8. The Morgan fingerprint density at radius 2 is 0.661 bits per heavy atom. The molecule has 1 aromatic heterocycles. The number of rotatable bonds is 8. The highest BCUT2D eigenvalue weighted by Gasteiger charge is 2.37. The van der Waals surface area contributed by atoms with E-state index in [1.165, 1.54) is 99.4 Å². The van der Waals surface area contributed by atoms with Crippen LogP contribution >= 0.6 is 35.3 Å². The van der Waals surface area contributed by atoms with Crippen molar-refractivity contribution in [3.63, 3.8) is 0 Å². The van der Waals surface area contributed by atoms with Gasteiger partial charge in [0.15, 0.2) is 0 Å². The molecule has 0 bridgehead atoms. The summed E-state index contributed by atoms with van der Waals surface area (Å²) in [5.74, 6) is 0. The lowest BCUT2D eigenvalue weighted by atomic mass is 9.80. The van der Waals surface area contributed by atoms with Gasteiger partial charge in [0.05, 0.1) is 11.7 Å². The number of hydrogen-bond acceptors (Lipinski definition) is 5. The lowest BCUT2D eigenvalue weighted by Crippen LogP contribution is -2.15. The van der Waals surface area contributed by atoms with E-state index in [1.54, 1.807) is 0 Å². The van der Waals surface area contributed by atoms with E-state index in [9.17, 15) is 0 Å². The van der Waals surface area contributed by atoms with E-state index in [1.807, 2.05) is 23.5 Å². The maximum atomic E-state index is 4.94. The largest absolute Gasteiger partial charge is 0.172 e. The minimum atomic E-state index is -0.143.